The fourth-order valence-electron chi connectivity index (χ4n) is 16.2. The minimum atomic E-state index is -1.60. The van der Waals surface area contributed by atoms with Gasteiger partial charge >= 0.3 is 5.97 Å². The topological polar surface area (TPSA) is 136 Å². The number of rotatable bonds is 6. The number of ether oxygens (including phenoxy) is 1. The van der Waals surface area contributed by atoms with Crippen molar-refractivity contribution in [2.45, 2.75) is 152 Å². The van der Waals surface area contributed by atoms with Gasteiger partial charge in [-0.15, -0.1) is 0 Å². The van der Waals surface area contributed by atoms with Gasteiger partial charge in [-0.3, -0.25) is 0 Å². The second-order valence-electron chi connectivity index (χ2n) is 19.4. The molecular formula is C43H63NO7. The zero-order valence-electron chi connectivity index (χ0n) is 31.0. The summed E-state index contributed by atoms with van der Waals surface area (Å²) in [6.45, 7) is 2.96. The molecule has 14 atom stereocenters. The number of aldehydes is 1. The Hall–Kier alpha value is -1.58. The van der Waals surface area contributed by atoms with Gasteiger partial charge in [0.2, 0.25) is 0 Å². The molecule has 7 saturated carbocycles. The van der Waals surface area contributed by atoms with Crippen molar-refractivity contribution in [2.24, 2.45) is 64.1 Å². The Balaban J connectivity index is 1.21. The molecule has 0 aromatic heterocycles. The zero-order valence-corrected chi connectivity index (χ0v) is 31.0. The summed E-state index contributed by atoms with van der Waals surface area (Å²) >= 11 is 0. The van der Waals surface area contributed by atoms with Crippen molar-refractivity contribution in [3.8, 4) is 0 Å². The molecule has 5 N–H and O–H groups in total. The third-order valence-electron chi connectivity index (χ3n) is 18.0. The number of aliphatic hydroxyl groups excluding tert-OH is 1. The zero-order chi connectivity index (χ0) is 35.6. The molecule has 1 aliphatic heterocycles. The number of carbonyl (C=O) groups excluding carboxylic acids is 2. The summed E-state index contributed by atoms with van der Waals surface area (Å²) < 4.78 is 6.00. The average Bonchev–Trinajstić information content (AvgIpc) is 3.83. The number of hydrogen-bond acceptors (Lipinski definition) is 8. The van der Waals surface area contributed by atoms with Crippen LogP contribution in [0.1, 0.15) is 122 Å². The number of esters is 1. The van der Waals surface area contributed by atoms with Crippen LogP contribution in [-0.4, -0.2) is 75.3 Å². The Kier molecular flexibility index (Phi) is 8.42. The highest BCUT2D eigenvalue weighted by Gasteiger charge is 2.83. The molecule has 0 saturated heterocycles. The van der Waals surface area contributed by atoms with Gasteiger partial charge in [0.15, 0.2) is 0 Å². The first-order valence-electron chi connectivity index (χ1n) is 21.1. The van der Waals surface area contributed by atoms with E-state index in [1.54, 1.807) is 6.08 Å². The number of nitrogens with one attached hydrogen (secondary N) is 1. The van der Waals surface area contributed by atoms with Crippen molar-refractivity contribution in [1.29, 1.82) is 0 Å². The molecule has 0 bridgehead atoms. The lowest BCUT2D eigenvalue weighted by molar-refractivity contribution is -0.349. The number of hydrogen-bond donors (Lipinski definition) is 5. The summed E-state index contributed by atoms with van der Waals surface area (Å²) in [5.74, 6) is -0.351. The molecule has 1 heterocycles. The van der Waals surface area contributed by atoms with Crippen LogP contribution < -0.4 is 5.32 Å². The van der Waals surface area contributed by atoms with Crippen LogP contribution in [0.3, 0.4) is 0 Å². The van der Waals surface area contributed by atoms with Crippen molar-refractivity contribution >= 4 is 12.3 Å². The fraction of sp³-hybridized carbons (Fsp3) is 0.860. The van der Waals surface area contributed by atoms with Gasteiger partial charge in [-0.2, -0.15) is 0 Å². The summed E-state index contributed by atoms with van der Waals surface area (Å²) in [6, 6.07) is 0. The highest BCUT2D eigenvalue weighted by molar-refractivity contribution is 5.87. The van der Waals surface area contributed by atoms with E-state index in [4.69, 9.17) is 4.74 Å². The standard InChI is InChI=1S/C43H63NO7/c1-25(26-8-6-7-9-26)27-12-13-33-34(46)14-16-39(24-45)35-15-17-40(30-10-4-3-5-11-30)37-28(18-29(23-44-2)38-32(37)20-36(47)51-38)21-42(40,49)41(35,48)22-31(19-27)43(33,39)50/h18,20,24-28,30-31,33-35,37-38,44,46,48-50H,3-17,19,21-23H2,1-2H3. The van der Waals surface area contributed by atoms with Crippen molar-refractivity contribution in [2.75, 3.05) is 13.6 Å². The van der Waals surface area contributed by atoms with Crippen LogP contribution in [0.5, 0.6) is 0 Å². The van der Waals surface area contributed by atoms with Crippen molar-refractivity contribution in [3.63, 3.8) is 0 Å². The molecule has 0 amide bonds. The highest BCUT2D eigenvalue weighted by Crippen LogP contribution is 2.78. The molecule has 51 heavy (non-hydrogen) atoms. The largest absolute Gasteiger partial charge is 0.450 e. The second-order valence-corrected chi connectivity index (χ2v) is 19.4. The predicted molar refractivity (Wildman–Crippen MR) is 192 cm³/mol. The number of allylic oxidation sites excluding steroid dienone is 1. The first kappa shape index (κ1) is 35.1. The normalized spacial score (nSPS) is 51.5. The van der Waals surface area contributed by atoms with Crippen LogP contribution in [-0.2, 0) is 14.3 Å². The second kappa shape index (κ2) is 12.2. The minimum absolute atomic E-state index is 0.0711. The van der Waals surface area contributed by atoms with Gasteiger partial charge in [0.25, 0.3) is 0 Å². The van der Waals surface area contributed by atoms with Crippen molar-refractivity contribution in [3.05, 3.63) is 23.3 Å². The van der Waals surface area contributed by atoms with E-state index in [1.165, 1.54) is 32.1 Å². The Morgan fingerprint density at radius 1 is 0.922 bits per heavy atom. The lowest BCUT2D eigenvalue weighted by atomic mass is 9.35. The third-order valence-corrected chi connectivity index (χ3v) is 18.0. The van der Waals surface area contributed by atoms with E-state index in [1.807, 2.05) is 7.05 Å². The van der Waals surface area contributed by atoms with Crippen LogP contribution >= 0.6 is 0 Å². The van der Waals surface area contributed by atoms with Gasteiger partial charge < -0.3 is 35.3 Å². The van der Waals surface area contributed by atoms with Gasteiger partial charge in [0.1, 0.15) is 18.0 Å². The van der Waals surface area contributed by atoms with E-state index in [-0.39, 0.29) is 30.1 Å². The van der Waals surface area contributed by atoms with Gasteiger partial charge in [-0.05, 0) is 130 Å². The maximum absolute atomic E-state index is 14.1. The van der Waals surface area contributed by atoms with Crippen molar-refractivity contribution in [1.82, 2.24) is 5.32 Å². The molecule has 14 unspecified atom stereocenters. The number of fused-ring (bicyclic) bond motifs is 8. The van der Waals surface area contributed by atoms with E-state index in [9.17, 15) is 30.0 Å². The maximum Gasteiger partial charge on any atom is 0.331 e. The Labute approximate surface area is 304 Å². The van der Waals surface area contributed by atoms with E-state index < -0.39 is 57.6 Å². The predicted octanol–water partition coefficient (Wildman–Crippen LogP) is 5.41. The summed E-state index contributed by atoms with van der Waals surface area (Å²) in [4.78, 5) is 27.1. The quantitative estimate of drug-likeness (QED) is 0.141. The summed E-state index contributed by atoms with van der Waals surface area (Å²) in [5.41, 5.74) is -4.50. The van der Waals surface area contributed by atoms with Crippen LogP contribution in [0.15, 0.2) is 23.3 Å². The molecule has 0 aromatic rings. The SMILES string of the molecule is CNCC1=CC2CC3(O)C4(O)CC5CC(C(C)C6CCCC6)CCC6C(O)CCC(C=O)(C4CCC3(C3CCCCC3)C2C2=CC(=O)OC12)C56O. The first-order valence-corrected chi connectivity index (χ1v) is 21.1. The van der Waals surface area contributed by atoms with Crippen LogP contribution in [0.2, 0.25) is 0 Å². The summed E-state index contributed by atoms with van der Waals surface area (Å²) in [5, 5.41) is 56.3. The number of aliphatic hydroxyl groups is 4. The molecule has 0 spiro atoms. The van der Waals surface area contributed by atoms with E-state index >= 15 is 0 Å². The smallest absolute Gasteiger partial charge is 0.331 e. The van der Waals surface area contributed by atoms with Gasteiger partial charge in [0, 0.05) is 29.9 Å². The monoisotopic (exact) mass is 705 g/mol. The lowest BCUT2D eigenvalue weighted by Gasteiger charge is -2.72. The number of likely N-dealkylation sites (N-methyl/N-ethyl adjacent to an activating group) is 1. The molecule has 9 rings (SSSR count). The molecule has 7 fully saturated rings. The molecule has 8 nitrogen and oxygen atoms in total. The van der Waals surface area contributed by atoms with Gasteiger partial charge in [-0.1, -0.05) is 57.9 Å². The molecule has 8 aliphatic carbocycles. The van der Waals surface area contributed by atoms with Crippen LogP contribution in [0, 0.1) is 64.1 Å². The summed E-state index contributed by atoms with van der Waals surface area (Å²) in [7, 11) is 1.90. The van der Waals surface area contributed by atoms with Crippen LogP contribution in [0.25, 0.3) is 0 Å². The average molecular weight is 706 g/mol. The fourth-order valence-corrected chi connectivity index (χ4v) is 16.2. The third kappa shape index (κ3) is 4.43. The molecule has 8 heteroatoms. The Morgan fingerprint density at radius 2 is 1.67 bits per heavy atom. The van der Waals surface area contributed by atoms with E-state index in [2.05, 4.69) is 18.3 Å². The summed E-state index contributed by atoms with van der Waals surface area (Å²) in [6.07, 6.45) is 19.0. The Morgan fingerprint density at radius 3 is 2.39 bits per heavy atom. The van der Waals surface area contributed by atoms with Gasteiger partial charge in [-0.25, -0.2) is 4.79 Å². The van der Waals surface area contributed by atoms with E-state index in [0.717, 1.165) is 49.5 Å². The first-order chi connectivity index (χ1) is 24.5. The highest BCUT2D eigenvalue weighted by atomic mass is 16.5. The van der Waals surface area contributed by atoms with Crippen LogP contribution in [0.4, 0.5) is 0 Å². The van der Waals surface area contributed by atoms with E-state index in [0.29, 0.717) is 69.2 Å². The Bertz CT molecular complexity index is 1480. The number of carbonyl (C=O) groups is 2. The molecule has 282 valence electrons. The molecule has 0 radical (unpaired) electrons. The van der Waals surface area contributed by atoms with Gasteiger partial charge in [0.05, 0.1) is 22.7 Å². The lowest BCUT2D eigenvalue weighted by Crippen LogP contribution is -2.81. The van der Waals surface area contributed by atoms with Crippen molar-refractivity contribution < 1.29 is 34.8 Å². The molecule has 0 aromatic carbocycles. The minimum Gasteiger partial charge on any atom is -0.450 e. The molecule has 9 aliphatic rings. The maximum atomic E-state index is 14.1. The molecular weight excluding hydrogens is 642 g/mol.